The maximum atomic E-state index is 11.6. The van der Waals surface area contributed by atoms with E-state index in [4.69, 9.17) is 4.99 Å². The first-order chi connectivity index (χ1) is 12.7. The number of hydrogen-bond donors (Lipinski definition) is 2. The van der Waals surface area contributed by atoms with Gasteiger partial charge in [-0.05, 0) is 49.3 Å². The molecule has 26 heavy (non-hydrogen) atoms. The molecule has 0 bridgehead atoms. The number of carbonyl (C=O) groups excluding carboxylic acids is 1. The fraction of sp³-hybridized carbons (Fsp3) is 0.619. The normalized spacial score (nSPS) is 19.6. The molecule has 0 aromatic heterocycles. The van der Waals surface area contributed by atoms with Gasteiger partial charge in [0.1, 0.15) is 0 Å². The third kappa shape index (κ3) is 4.37. The Morgan fingerprint density at radius 1 is 1.15 bits per heavy atom. The van der Waals surface area contributed by atoms with Gasteiger partial charge in [-0.3, -0.25) is 4.79 Å². The van der Waals surface area contributed by atoms with Crippen molar-refractivity contribution in [1.29, 1.82) is 0 Å². The minimum absolute atomic E-state index is 0.0526. The molecular weight excluding hydrogens is 324 g/mol. The van der Waals surface area contributed by atoms with E-state index in [9.17, 15) is 4.79 Å². The Morgan fingerprint density at radius 2 is 1.88 bits per heavy atom. The lowest BCUT2D eigenvalue weighted by molar-refractivity contribution is 0.0963. The third-order valence-electron chi connectivity index (χ3n) is 5.84. The molecular formula is C21H32N4O. The van der Waals surface area contributed by atoms with E-state index in [2.05, 4.69) is 22.5 Å². The first-order valence-electron chi connectivity index (χ1n) is 10.00. The number of likely N-dealkylation sites (tertiary alicyclic amines) is 1. The van der Waals surface area contributed by atoms with Crippen LogP contribution in [0, 0.1) is 5.41 Å². The van der Waals surface area contributed by atoms with Crippen molar-refractivity contribution < 1.29 is 4.79 Å². The van der Waals surface area contributed by atoms with Crippen LogP contribution in [0.5, 0.6) is 0 Å². The molecule has 0 radical (unpaired) electrons. The first-order valence-corrected chi connectivity index (χ1v) is 10.00. The summed E-state index contributed by atoms with van der Waals surface area (Å²) in [6, 6.07) is 7.71. The van der Waals surface area contributed by atoms with Crippen LogP contribution in [0.3, 0.4) is 0 Å². The van der Waals surface area contributed by atoms with Crippen LogP contribution in [0.4, 0.5) is 0 Å². The highest BCUT2D eigenvalue weighted by molar-refractivity contribution is 5.93. The lowest BCUT2D eigenvalue weighted by atomic mass is 9.73. The summed E-state index contributed by atoms with van der Waals surface area (Å²) in [4.78, 5) is 19.0. The molecule has 1 aromatic carbocycles. The molecule has 1 amide bonds. The van der Waals surface area contributed by atoms with Gasteiger partial charge in [0, 0.05) is 32.2 Å². The Balaban J connectivity index is 1.65. The number of nitrogens with one attached hydrogen (secondary N) is 2. The lowest BCUT2D eigenvalue weighted by Crippen LogP contribution is -2.41. The van der Waals surface area contributed by atoms with E-state index in [1.54, 1.807) is 7.05 Å². The number of guanidine groups is 1. The highest BCUT2D eigenvalue weighted by Gasteiger charge is 2.39. The zero-order chi connectivity index (χ0) is 18.4. The number of benzene rings is 1. The Kier molecular flexibility index (Phi) is 6.17. The average Bonchev–Trinajstić information content (AvgIpc) is 3.08. The maximum absolute atomic E-state index is 11.6. The topological polar surface area (TPSA) is 56.7 Å². The van der Waals surface area contributed by atoms with E-state index in [1.807, 2.05) is 24.3 Å². The van der Waals surface area contributed by atoms with Crippen LogP contribution in [-0.2, 0) is 6.54 Å². The summed E-state index contributed by atoms with van der Waals surface area (Å²) in [5.74, 6) is 0.980. The predicted molar refractivity (Wildman–Crippen MR) is 106 cm³/mol. The van der Waals surface area contributed by atoms with Crippen molar-refractivity contribution in [3.63, 3.8) is 0 Å². The standard InChI is InChI=1S/C21H32N4O/c1-3-23-20(25-14-13-21(16-25)11-5-4-6-12-21)24-15-17-7-9-18(10-8-17)19(26)22-2/h7-10H,3-6,11-16H2,1-2H3,(H,22,26)(H,23,24). The molecule has 2 fully saturated rings. The molecule has 3 rings (SSSR count). The van der Waals surface area contributed by atoms with Crippen molar-refractivity contribution in [2.24, 2.45) is 10.4 Å². The highest BCUT2D eigenvalue weighted by atomic mass is 16.1. The smallest absolute Gasteiger partial charge is 0.251 e. The molecule has 1 spiro atoms. The zero-order valence-electron chi connectivity index (χ0n) is 16.2. The fourth-order valence-corrected chi connectivity index (χ4v) is 4.32. The largest absolute Gasteiger partial charge is 0.357 e. The predicted octanol–water partition coefficient (Wildman–Crippen LogP) is 3.17. The van der Waals surface area contributed by atoms with E-state index >= 15 is 0 Å². The molecule has 1 saturated carbocycles. The van der Waals surface area contributed by atoms with Gasteiger partial charge in [0.05, 0.1) is 6.54 Å². The molecule has 5 heteroatoms. The van der Waals surface area contributed by atoms with E-state index in [1.165, 1.54) is 38.5 Å². The van der Waals surface area contributed by atoms with Crippen molar-refractivity contribution in [2.45, 2.75) is 52.0 Å². The second-order valence-electron chi connectivity index (χ2n) is 7.68. The molecule has 0 atom stereocenters. The van der Waals surface area contributed by atoms with Crippen molar-refractivity contribution in [3.8, 4) is 0 Å². The van der Waals surface area contributed by atoms with E-state index in [0.29, 0.717) is 17.5 Å². The molecule has 1 aliphatic carbocycles. The maximum Gasteiger partial charge on any atom is 0.251 e. The minimum atomic E-state index is -0.0526. The molecule has 1 aromatic rings. The lowest BCUT2D eigenvalue weighted by Gasteiger charge is -2.33. The molecule has 2 aliphatic rings. The summed E-state index contributed by atoms with van der Waals surface area (Å²) >= 11 is 0. The van der Waals surface area contributed by atoms with Gasteiger partial charge < -0.3 is 15.5 Å². The summed E-state index contributed by atoms with van der Waals surface area (Å²) < 4.78 is 0. The average molecular weight is 357 g/mol. The Bertz CT molecular complexity index is 632. The van der Waals surface area contributed by atoms with Gasteiger partial charge in [0.15, 0.2) is 5.96 Å². The van der Waals surface area contributed by atoms with Crippen molar-refractivity contribution in [1.82, 2.24) is 15.5 Å². The number of amides is 1. The van der Waals surface area contributed by atoms with Gasteiger partial charge in [0.25, 0.3) is 5.91 Å². The molecule has 1 heterocycles. The number of carbonyl (C=O) groups is 1. The minimum Gasteiger partial charge on any atom is -0.357 e. The zero-order valence-corrected chi connectivity index (χ0v) is 16.2. The Morgan fingerprint density at radius 3 is 2.54 bits per heavy atom. The summed E-state index contributed by atoms with van der Waals surface area (Å²) in [5, 5.41) is 6.12. The quantitative estimate of drug-likeness (QED) is 0.643. The summed E-state index contributed by atoms with van der Waals surface area (Å²) in [6.07, 6.45) is 8.24. The van der Waals surface area contributed by atoms with Crippen LogP contribution < -0.4 is 10.6 Å². The molecule has 2 N–H and O–H groups in total. The van der Waals surface area contributed by atoms with E-state index in [-0.39, 0.29) is 5.91 Å². The molecule has 0 unspecified atom stereocenters. The van der Waals surface area contributed by atoms with Crippen molar-refractivity contribution in [2.75, 3.05) is 26.7 Å². The Labute approximate surface area is 157 Å². The van der Waals surface area contributed by atoms with Gasteiger partial charge in [-0.2, -0.15) is 0 Å². The van der Waals surface area contributed by atoms with Gasteiger partial charge >= 0.3 is 0 Å². The van der Waals surface area contributed by atoms with Gasteiger partial charge in [-0.15, -0.1) is 0 Å². The molecule has 1 aliphatic heterocycles. The second-order valence-corrected chi connectivity index (χ2v) is 7.68. The Hall–Kier alpha value is -2.04. The monoisotopic (exact) mass is 356 g/mol. The van der Waals surface area contributed by atoms with Crippen LogP contribution in [0.2, 0.25) is 0 Å². The second kappa shape index (κ2) is 8.56. The molecule has 142 valence electrons. The van der Waals surface area contributed by atoms with Crippen molar-refractivity contribution >= 4 is 11.9 Å². The van der Waals surface area contributed by atoms with Crippen LogP contribution >= 0.6 is 0 Å². The number of hydrogen-bond acceptors (Lipinski definition) is 2. The van der Waals surface area contributed by atoms with E-state index in [0.717, 1.165) is 31.2 Å². The number of rotatable bonds is 4. The van der Waals surface area contributed by atoms with E-state index < -0.39 is 0 Å². The first kappa shape index (κ1) is 18.7. The van der Waals surface area contributed by atoms with Crippen LogP contribution in [0.25, 0.3) is 0 Å². The summed E-state index contributed by atoms with van der Waals surface area (Å²) in [6.45, 7) is 5.91. The van der Waals surface area contributed by atoms with Crippen LogP contribution in [-0.4, -0.2) is 43.4 Å². The van der Waals surface area contributed by atoms with Crippen LogP contribution in [0.1, 0.15) is 61.4 Å². The highest BCUT2D eigenvalue weighted by Crippen LogP contribution is 2.43. The van der Waals surface area contributed by atoms with Gasteiger partial charge in [-0.1, -0.05) is 31.4 Å². The third-order valence-corrected chi connectivity index (χ3v) is 5.84. The van der Waals surface area contributed by atoms with Gasteiger partial charge in [-0.25, -0.2) is 4.99 Å². The fourth-order valence-electron chi connectivity index (χ4n) is 4.32. The molecule has 5 nitrogen and oxygen atoms in total. The summed E-state index contributed by atoms with van der Waals surface area (Å²) in [5.41, 5.74) is 2.34. The number of aliphatic imine (C=N–C) groups is 1. The number of nitrogens with zero attached hydrogens (tertiary/aromatic N) is 2. The molecule has 1 saturated heterocycles. The van der Waals surface area contributed by atoms with Gasteiger partial charge in [0.2, 0.25) is 0 Å². The van der Waals surface area contributed by atoms with Crippen LogP contribution in [0.15, 0.2) is 29.3 Å². The van der Waals surface area contributed by atoms with Crippen molar-refractivity contribution in [3.05, 3.63) is 35.4 Å². The SMILES string of the molecule is CCNC(=NCc1ccc(C(=O)NC)cc1)N1CCC2(CCCCC2)C1. The summed E-state index contributed by atoms with van der Waals surface area (Å²) in [7, 11) is 1.65.